The number of nitrogens with one attached hydrogen (secondary N) is 2. The Kier molecular flexibility index (Phi) is 3.79. The molecule has 1 saturated heterocycles. The summed E-state index contributed by atoms with van der Waals surface area (Å²) in [6.45, 7) is 2.69. The molecule has 1 aliphatic heterocycles. The van der Waals surface area contributed by atoms with E-state index in [-0.39, 0.29) is 0 Å². The van der Waals surface area contributed by atoms with Crippen LogP contribution in [-0.2, 0) is 4.74 Å². The molecule has 6 nitrogen and oxygen atoms in total. The Labute approximate surface area is 113 Å². The van der Waals surface area contributed by atoms with Gasteiger partial charge in [0, 0.05) is 31.7 Å². The van der Waals surface area contributed by atoms with E-state index in [4.69, 9.17) is 10.6 Å². The summed E-state index contributed by atoms with van der Waals surface area (Å²) >= 11 is 0. The molecule has 19 heavy (non-hydrogen) atoms. The highest BCUT2D eigenvalue weighted by Gasteiger charge is 2.27. The molecule has 1 aromatic heterocycles. The Morgan fingerprint density at radius 1 is 1.16 bits per heavy atom. The van der Waals surface area contributed by atoms with Crippen LogP contribution >= 0.6 is 0 Å². The van der Waals surface area contributed by atoms with Crippen molar-refractivity contribution in [2.45, 2.75) is 31.6 Å². The van der Waals surface area contributed by atoms with E-state index >= 15 is 0 Å². The standard InChI is InChI=1S/C13H21N5O/c14-18-12-7-11(16-13(17-12)10-1-2-10)15-8-9-3-5-19-6-4-9/h7,9-10H,1-6,8,14H2,(H2,15,16,17,18). The van der Waals surface area contributed by atoms with Crippen molar-refractivity contribution in [3.63, 3.8) is 0 Å². The molecule has 0 unspecified atom stereocenters. The van der Waals surface area contributed by atoms with Crippen LogP contribution in [-0.4, -0.2) is 29.7 Å². The Bertz CT molecular complexity index is 429. The quantitative estimate of drug-likeness (QED) is 0.551. The minimum Gasteiger partial charge on any atom is -0.381 e. The van der Waals surface area contributed by atoms with E-state index in [1.54, 1.807) is 0 Å². The molecule has 0 bridgehead atoms. The molecule has 1 aromatic rings. The fraction of sp³-hybridized carbons (Fsp3) is 0.692. The first kappa shape index (κ1) is 12.6. The maximum Gasteiger partial charge on any atom is 0.145 e. The number of nitrogens with two attached hydrogens (primary N) is 1. The van der Waals surface area contributed by atoms with Gasteiger partial charge in [0.1, 0.15) is 17.5 Å². The Morgan fingerprint density at radius 3 is 2.58 bits per heavy atom. The fourth-order valence-electron chi connectivity index (χ4n) is 2.35. The van der Waals surface area contributed by atoms with Gasteiger partial charge >= 0.3 is 0 Å². The fourth-order valence-corrected chi connectivity index (χ4v) is 2.35. The van der Waals surface area contributed by atoms with Gasteiger partial charge in [-0.2, -0.15) is 0 Å². The first-order valence-electron chi connectivity index (χ1n) is 7.02. The van der Waals surface area contributed by atoms with E-state index in [0.717, 1.165) is 44.2 Å². The van der Waals surface area contributed by atoms with Crippen molar-refractivity contribution in [1.82, 2.24) is 9.97 Å². The molecule has 4 N–H and O–H groups in total. The largest absolute Gasteiger partial charge is 0.381 e. The summed E-state index contributed by atoms with van der Waals surface area (Å²) in [6.07, 6.45) is 4.62. The summed E-state index contributed by atoms with van der Waals surface area (Å²) in [5, 5.41) is 3.41. The molecule has 1 saturated carbocycles. The monoisotopic (exact) mass is 263 g/mol. The molecule has 0 aromatic carbocycles. The predicted molar refractivity (Wildman–Crippen MR) is 73.8 cm³/mol. The second-order valence-corrected chi connectivity index (χ2v) is 5.35. The average Bonchev–Trinajstić information content (AvgIpc) is 3.30. The van der Waals surface area contributed by atoms with Gasteiger partial charge in [-0.1, -0.05) is 0 Å². The minimum absolute atomic E-state index is 0.525. The van der Waals surface area contributed by atoms with Gasteiger partial charge in [-0.15, -0.1) is 0 Å². The van der Waals surface area contributed by atoms with Crippen molar-refractivity contribution in [1.29, 1.82) is 0 Å². The molecule has 2 heterocycles. The lowest BCUT2D eigenvalue weighted by molar-refractivity contribution is 0.0699. The van der Waals surface area contributed by atoms with Crippen LogP contribution in [0.3, 0.4) is 0 Å². The Morgan fingerprint density at radius 2 is 1.89 bits per heavy atom. The second kappa shape index (κ2) is 5.71. The first-order valence-corrected chi connectivity index (χ1v) is 7.02. The van der Waals surface area contributed by atoms with E-state index in [2.05, 4.69) is 20.7 Å². The third kappa shape index (κ3) is 3.33. The highest BCUT2D eigenvalue weighted by Crippen LogP contribution is 2.38. The summed E-state index contributed by atoms with van der Waals surface area (Å²) in [4.78, 5) is 8.98. The number of aromatic nitrogens is 2. The summed E-state index contributed by atoms with van der Waals surface area (Å²) in [7, 11) is 0. The minimum atomic E-state index is 0.525. The van der Waals surface area contributed by atoms with Crippen molar-refractivity contribution in [3.05, 3.63) is 11.9 Å². The zero-order valence-electron chi connectivity index (χ0n) is 11.1. The third-order valence-corrected chi connectivity index (χ3v) is 3.75. The van der Waals surface area contributed by atoms with Crippen molar-refractivity contribution in [2.75, 3.05) is 30.5 Å². The van der Waals surface area contributed by atoms with Gasteiger partial charge in [-0.25, -0.2) is 15.8 Å². The van der Waals surface area contributed by atoms with Crippen molar-refractivity contribution < 1.29 is 4.74 Å². The van der Waals surface area contributed by atoms with E-state index in [1.165, 1.54) is 12.8 Å². The van der Waals surface area contributed by atoms with Crippen LogP contribution in [0.2, 0.25) is 0 Å². The van der Waals surface area contributed by atoms with Crippen molar-refractivity contribution in [3.8, 4) is 0 Å². The number of rotatable bonds is 5. The summed E-state index contributed by atoms with van der Waals surface area (Å²) < 4.78 is 5.37. The maximum absolute atomic E-state index is 5.46. The molecule has 0 spiro atoms. The first-order chi connectivity index (χ1) is 9.35. The van der Waals surface area contributed by atoms with Crippen LogP contribution < -0.4 is 16.6 Å². The van der Waals surface area contributed by atoms with Crippen molar-refractivity contribution in [2.24, 2.45) is 11.8 Å². The Balaban J connectivity index is 1.63. The van der Waals surface area contributed by atoms with Crippen LogP contribution in [0.15, 0.2) is 6.07 Å². The average molecular weight is 263 g/mol. The van der Waals surface area contributed by atoms with Crippen LogP contribution in [0, 0.1) is 5.92 Å². The van der Waals surface area contributed by atoms with E-state index < -0.39 is 0 Å². The smallest absolute Gasteiger partial charge is 0.145 e. The highest BCUT2D eigenvalue weighted by atomic mass is 16.5. The predicted octanol–water partition coefficient (Wildman–Crippen LogP) is 1.48. The number of anilines is 2. The van der Waals surface area contributed by atoms with Gasteiger partial charge < -0.3 is 15.5 Å². The summed E-state index contributed by atoms with van der Waals surface area (Å²) in [5.41, 5.74) is 2.62. The maximum atomic E-state index is 5.46. The molecule has 0 radical (unpaired) electrons. The molecule has 3 rings (SSSR count). The van der Waals surface area contributed by atoms with Gasteiger partial charge in [0.05, 0.1) is 0 Å². The van der Waals surface area contributed by atoms with Gasteiger partial charge in [0.25, 0.3) is 0 Å². The van der Waals surface area contributed by atoms with Gasteiger partial charge in [0.15, 0.2) is 0 Å². The van der Waals surface area contributed by atoms with Crippen LogP contribution in [0.4, 0.5) is 11.6 Å². The molecule has 1 aliphatic carbocycles. The van der Waals surface area contributed by atoms with E-state index in [9.17, 15) is 0 Å². The van der Waals surface area contributed by atoms with Gasteiger partial charge in [0.2, 0.25) is 0 Å². The van der Waals surface area contributed by atoms with Crippen LogP contribution in [0.5, 0.6) is 0 Å². The lowest BCUT2D eigenvalue weighted by atomic mass is 10.0. The van der Waals surface area contributed by atoms with Gasteiger partial charge in [-0.3, -0.25) is 0 Å². The SMILES string of the molecule is NNc1cc(NCC2CCOCC2)nc(C2CC2)n1. The molecule has 2 fully saturated rings. The third-order valence-electron chi connectivity index (χ3n) is 3.75. The Hall–Kier alpha value is -1.40. The zero-order chi connectivity index (χ0) is 13.1. The zero-order valence-corrected chi connectivity index (χ0v) is 11.1. The summed E-state index contributed by atoms with van der Waals surface area (Å²) in [5.74, 6) is 9.12. The molecule has 6 heteroatoms. The lowest BCUT2D eigenvalue weighted by Crippen LogP contribution is -2.23. The normalized spacial score (nSPS) is 20.3. The van der Waals surface area contributed by atoms with Crippen molar-refractivity contribution >= 4 is 11.6 Å². The number of hydrazine groups is 1. The molecular weight excluding hydrogens is 242 g/mol. The molecule has 104 valence electrons. The number of hydrogen-bond donors (Lipinski definition) is 3. The molecule has 0 atom stereocenters. The molecular formula is C13H21N5O. The second-order valence-electron chi connectivity index (χ2n) is 5.35. The van der Waals surface area contributed by atoms with Crippen LogP contribution in [0.25, 0.3) is 0 Å². The van der Waals surface area contributed by atoms with Gasteiger partial charge in [-0.05, 0) is 31.6 Å². The molecule has 2 aliphatic rings. The number of ether oxygens (including phenoxy) is 1. The number of hydrogen-bond acceptors (Lipinski definition) is 6. The summed E-state index contributed by atoms with van der Waals surface area (Å²) in [6, 6.07) is 1.87. The number of nitrogen functional groups attached to an aromatic ring is 1. The topological polar surface area (TPSA) is 85.1 Å². The highest BCUT2D eigenvalue weighted by molar-refractivity contribution is 5.47. The lowest BCUT2D eigenvalue weighted by Gasteiger charge is -2.22. The van der Waals surface area contributed by atoms with Crippen LogP contribution in [0.1, 0.15) is 37.4 Å². The number of nitrogens with zero attached hydrogens (tertiary/aromatic N) is 2. The van der Waals surface area contributed by atoms with E-state index in [1.807, 2.05) is 6.07 Å². The molecule has 0 amide bonds. The van der Waals surface area contributed by atoms with E-state index in [0.29, 0.717) is 17.7 Å².